The molecule has 1 atom stereocenters. The number of nitrogens with zero attached hydrogens (tertiary/aromatic N) is 1. The molecule has 0 amide bonds. The normalized spacial score (nSPS) is 12.5. The molecule has 0 spiro atoms. The summed E-state index contributed by atoms with van der Waals surface area (Å²) >= 11 is 0. The van der Waals surface area contributed by atoms with Crippen LogP contribution in [0.3, 0.4) is 0 Å². The Bertz CT molecular complexity index is 834. The molecule has 1 unspecified atom stereocenters. The van der Waals surface area contributed by atoms with Crippen LogP contribution in [-0.4, -0.2) is 24.4 Å². The Morgan fingerprint density at radius 2 is 1.71 bits per heavy atom. The second kappa shape index (κ2) is 7.20. The maximum atomic E-state index is 12.4. The van der Waals surface area contributed by atoms with Crippen LogP contribution in [0.4, 0.5) is 5.69 Å². The van der Waals surface area contributed by atoms with Crippen molar-refractivity contribution >= 4 is 21.7 Å². The van der Waals surface area contributed by atoms with Crippen molar-refractivity contribution in [3.63, 3.8) is 0 Å². The van der Waals surface area contributed by atoms with Crippen molar-refractivity contribution < 1.29 is 23.2 Å². The number of carboxylic acid groups (broad SMARTS) is 1. The Morgan fingerprint density at radius 1 is 1.12 bits per heavy atom. The summed E-state index contributed by atoms with van der Waals surface area (Å²) in [6.45, 7) is 0. The number of non-ortho nitro benzene ring substituents is 1. The molecule has 0 aliphatic heterocycles. The van der Waals surface area contributed by atoms with Gasteiger partial charge < -0.3 is 5.11 Å². The number of carbonyl (C=O) groups is 1. The Hall–Kier alpha value is -2.78. The monoisotopic (exact) mass is 350 g/mol. The second-order valence-corrected chi connectivity index (χ2v) is 6.65. The smallest absolute Gasteiger partial charge is 0.305 e. The first-order valence-electron chi connectivity index (χ1n) is 6.83. The van der Waals surface area contributed by atoms with Gasteiger partial charge in [0.2, 0.25) is 10.0 Å². The van der Waals surface area contributed by atoms with E-state index in [4.69, 9.17) is 5.11 Å². The fourth-order valence-electron chi connectivity index (χ4n) is 2.09. The second-order valence-electron chi connectivity index (χ2n) is 4.93. The van der Waals surface area contributed by atoms with Crippen LogP contribution in [0.2, 0.25) is 0 Å². The highest BCUT2D eigenvalue weighted by Crippen LogP contribution is 2.21. The van der Waals surface area contributed by atoms with E-state index in [0.29, 0.717) is 5.56 Å². The van der Waals surface area contributed by atoms with Crippen LogP contribution in [-0.2, 0) is 14.8 Å². The number of nitro groups is 1. The van der Waals surface area contributed by atoms with Crippen LogP contribution >= 0.6 is 0 Å². The number of sulfonamides is 1. The van der Waals surface area contributed by atoms with Gasteiger partial charge in [-0.05, 0) is 17.7 Å². The molecule has 2 N–H and O–H groups in total. The van der Waals surface area contributed by atoms with E-state index in [1.165, 1.54) is 0 Å². The van der Waals surface area contributed by atoms with Crippen molar-refractivity contribution in [3.05, 3.63) is 70.3 Å². The number of rotatable bonds is 7. The summed E-state index contributed by atoms with van der Waals surface area (Å²) in [6, 6.07) is 11.7. The minimum absolute atomic E-state index is 0.181. The van der Waals surface area contributed by atoms with Crippen LogP contribution in [0, 0.1) is 10.1 Å². The highest BCUT2D eigenvalue weighted by Gasteiger charge is 2.24. The summed E-state index contributed by atoms with van der Waals surface area (Å²) in [5, 5.41) is 19.6. The molecule has 2 rings (SSSR count). The van der Waals surface area contributed by atoms with Crippen LogP contribution in [0.25, 0.3) is 0 Å². The average Bonchev–Trinajstić information content (AvgIpc) is 2.54. The summed E-state index contributed by atoms with van der Waals surface area (Å²) in [6.07, 6.45) is -0.434. The zero-order valence-corrected chi connectivity index (χ0v) is 13.1. The van der Waals surface area contributed by atoms with E-state index in [9.17, 15) is 23.3 Å². The third-order valence-corrected chi connectivity index (χ3v) is 4.72. The van der Waals surface area contributed by atoms with Crippen LogP contribution in [0.15, 0.2) is 59.5 Å². The molecule has 0 aliphatic carbocycles. The van der Waals surface area contributed by atoms with E-state index in [1.807, 2.05) is 0 Å². The van der Waals surface area contributed by atoms with Gasteiger partial charge in [0.05, 0.1) is 22.3 Å². The highest BCUT2D eigenvalue weighted by molar-refractivity contribution is 7.89. The van der Waals surface area contributed by atoms with Crippen molar-refractivity contribution in [2.45, 2.75) is 17.4 Å². The molecule has 8 nitrogen and oxygen atoms in total. The molecule has 0 aromatic heterocycles. The Morgan fingerprint density at radius 3 is 2.21 bits per heavy atom. The van der Waals surface area contributed by atoms with Gasteiger partial charge in [-0.25, -0.2) is 13.1 Å². The van der Waals surface area contributed by atoms with E-state index >= 15 is 0 Å². The zero-order valence-electron chi connectivity index (χ0n) is 12.3. The fraction of sp³-hybridized carbons (Fsp3) is 0.133. The lowest BCUT2D eigenvalue weighted by atomic mass is 10.1. The third-order valence-electron chi connectivity index (χ3n) is 3.24. The van der Waals surface area contributed by atoms with Gasteiger partial charge >= 0.3 is 5.97 Å². The summed E-state index contributed by atoms with van der Waals surface area (Å²) < 4.78 is 27.1. The van der Waals surface area contributed by atoms with Crippen LogP contribution in [0.5, 0.6) is 0 Å². The maximum absolute atomic E-state index is 12.4. The van der Waals surface area contributed by atoms with E-state index in [2.05, 4.69) is 4.72 Å². The van der Waals surface area contributed by atoms with Crippen molar-refractivity contribution in [3.8, 4) is 0 Å². The van der Waals surface area contributed by atoms with E-state index in [-0.39, 0.29) is 10.6 Å². The predicted molar refractivity (Wildman–Crippen MR) is 84.9 cm³/mol. The SMILES string of the molecule is O=C(O)CC(NS(=O)(=O)c1ccc([N+](=O)[O-])cc1)c1ccccc1. The lowest BCUT2D eigenvalue weighted by Crippen LogP contribution is -2.30. The van der Waals surface area contributed by atoms with Gasteiger partial charge in [-0.1, -0.05) is 30.3 Å². The predicted octanol–water partition coefficient (Wildman–Crippen LogP) is 2.09. The molecular weight excluding hydrogens is 336 g/mol. The molecule has 24 heavy (non-hydrogen) atoms. The van der Waals surface area contributed by atoms with Gasteiger partial charge in [-0.2, -0.15) is 0 Å². The Kier molecular flexibility index (Phi) is 5.27. The van der Waals surface area contributed by atoms with Crippen molar-refractivity contribution in [2.75, 3.05) is 0 Å². The third kappa shape index (κ3) is 4.37. The standard InChI is InChI=1S/C15H14N2O6S/c18-15(19)10-14(11-4-2-1-3-5-11)16-24(22,23)13-8-6-12(7-9-13)17(20)21/h1-9,14,16H,10H2,(H,18,19). The van der Waals surface area contributed by atoms with Gasteiger partial charge in [-0.3, -0.25) is 14.9 Å². The number of hydrogen-bond donors (Lipinski definition) is 2. The summed E-state index contributed by atoms with van der Waals surface area (Å²) in [7, 11) is -4.03. The van der Waals surface area contributed by atoms with E-state index in [1.54, 1.807) is 30.3 Å². The molecule has 0 aliphatic rings. The lowest BCUT2D eigenvalue weighted by Gasteiger charge is -2.17. The molecule has 0 saturated carbocycles. The summed E-state index contributed by atoms with van der Waals surface area (Å²) in [4.78, 5) is 20.8. The van der Waals surface area contributed by atoms with Crippen LogP contribution < -0.4 is 4.72 Å². The molecule has 0 heterocycles. The lowest BCUT2D eigenvalue weighted by molar-refractivity contribution is -0.384. The molecule has 0 bridgehead atoms. The van der Waals surface area contributed by atoms with E-state index in [0.717, 1.165) is 24.3 Å². The minimum atomic E-state index is -4.03. The van der Waals surface area contributed by atoms with Crippen LogP contribution in [0.1, 0.15) is 18.0 Å². The van der Waals surface area contributed by atoms with Gasteiger partial charge in [0.25, 0.3) is 5.69 Å². The topological polar surface area (TPSA) is 127 Å². The average molecular weight is 350 g/mol. The molecule has 0 saturated heterocycles. The highest BCUT2D eigenvalue weighted by atomic mass is 32.2. The van der Waals surface area contributed by atoms with E-state index < -0.39 is 33.4 Å². The zero-order chi connectivity index (χ0) is 17.7. The molecule has 2 aromatic carbocycles. The van der Waals surface area contributed by atoms with Crippen molar-refractivity contribution in [2.24, 2.45) is 0 Å². The molecule has 126 valence electrons. The van der Waals surface area contributed by atoms with Gasteiger partial charge in [-0.15, -0.1) is 0 Å². The number of nitro benzene ring substituents is 1. The minimum Gasteiger partial charge on any atom is -0.481 e. The summed E-state index contributed by atoms with van der Waals surface area (Å²) in [5.74, 6) is -1.16. The number of nitrogens with one attached hydrogen (secondary N) is 1. The molecule has 0 fully saturated rings. The Labute approximate surface area is 138 Å². The first-order valence-corrected chi connectivity index (χ1v) is 8.31. The number of carboxylic acids is 1. The van der Waals surface area contributed by atoms with Crippen molar-refractivity contribution in [1.29, 1.82) is 0 Å². The van der Waals surface area contributed by atoms with Gasteiger partial charge in [0, 0.05) is 12.1 Å². The molecular formula is C15H14N2O6S. The largest absolute Gasteiger partial charge is 0.481 e. The number of hydrogen-bond acceptors (Lipinski definition) is 5. The van der Waals surface area contributed by atoms with Gasteiger partial charge in [0.15, 0.2) is 0 Å². The maximum Gasteiger partial charge on any atom is 0.305 e. The molecule has 9 heteroatoms. The van der Waals surface area contributed by atoms with Gasteiger partial charge in [0.1, 0.15) is 0 Å². The number of aliphatic carboxylic acids is 1. The first kappa shape index (κ1) is 17.6. The van der Waals surface area contributed by atoms with Crippen molar-refractivity contribution in [1.82, 2.24) is 4.72 Å². The summed E-state index contributed by atoms with van der Waals surface area (Å²) in [5.41, 5.74) is 0.268. The molecule has 0 radical (unpaired) electrons. The fourth-order valence-corrected chi connectivity index (χ4v) is 3.31. The first-order chi connectivity index (χ1) is 11.3. The Balaban J connectivity index is 2.29. The molecule has 2 aromatic rings. The quantitative estimate of drug-likeness (QED) is 0.581. The number of benzene rings is 2.